The Morgan fingerprint density at radius 2 is 1.88 bits per heavy atom. The number of nitriles is 1. The van der Waals surface area contributed by atoms with E-state index < -0.39 is 32.3 Å². The lowest BCUT2D eigenvalue weighted by Gasteiger charge is -2.19. The van der Waals surface area contributed by atoms with Gasteiger partial charge in [0.2, 0.25) is 0 Å². The molecule has 2 aromatic rings. The standard InChI is InChI=1S/C22H20ClFN2O5S/c23-16-10-19(31-15-3-1-2-4-15)18(8-14(16)11-25)26-32(29,30)20-9-13(22(27)28)7-17(24)21(20)12-5-6-12/h7-10,12,15,26H,1-6H2,(H,27,28). The second kappa shape index (κ2) is 8.60. The van der Waals surface area contributed by atoms with Gasteiger partial charge in [-0.05, 0) is 62.6 Å². The first kappa shape index (κ1) is 22.4. The minimum absolute atomic E-state index is 0.0132. The highest BCUT2D eigenvalue weighted by Gasteiger charge is 2.35. The Morgan fingerprint density at radius 3 is 2.47 bits per heavy atom. The van der Waals surface area contributed by atoms with E-state index >= 15 is 0 Å². The zero-order valence-corrected chi connectivity index (χ0v) is 18.5. The lowest BCUT2D eigenvalue weighted by Crippen LogP contribution is -2.19. The third-order valence-electron chi connectivity index (χ3n) is 5.64. The molecule has 0 unspecified atom stereocenters. The number of halogens is 2. The Hall–Kier alpha value is -2.83. The number of hydrogen-bond donors (Lipinski definition) is 2. The summed E-state index contributed by atoms with van der Waals surface area (Å²) in [7, 11) is -4.41. The number of nitrogens with one attached hydrogen (secondary N) is 1. The Labute approximate surface area is 189 Å². The highest BCUT2D eigenvalue weighted by atomic mass is 35.5. The summed E-state index contributed by atoms with van der Waals surface area (Å²) in [5, 5.41) is 18.7. The van der Waals surface area contributed by atoms with Crippen LogP contribution in [0.4, 0.5) is 10.1 Å². The lowest BCUT2D eigenvalue weighted by molar-refractivity contribution is 0.0696. The van der Waals surface area contributed by atoms with Crippen molar-refractivity contribution in [3.05, 3.63) is 51.8 Å². The van der Waals surface area contributed by atoms with E-state index in [1.165, 1.54) is 12.1 Å². The molecule has 4 rings (SSSR count). The van der Waals surface area contributed by atoms with Crippen LogP contribution < -0.4 is 9.46 Å². The maximum atomic E-state index is 14.7. The second-order valence-corrected chi connectivity index (χ2v) is 10.1. The number of rotatable bonds is 7. The van der Waals surface area contributed by atoms with Gasteiger partial charge in [-0.25, -0.2) is 17.6 Å². The molecular formula is C22H20ClFN2O5S. The summed E-state index contributed by atoms with van der Waals surface area (Å²) in [6.45, 7) is 0. The summed E-state index contributed by atoms with van der Waals surface area (Å²) in [6.07, 6.45) is 4.70. The first-order valence-electron chi connectivity index (χ1n) is 10.2. The highest BCUT2D eigenvalue weighted by Crippen LogP contribution is 2.45. The number of carbonyl (C=O) groups is 1. The SMILES string of the molecule is N#Cc1cc(NS(=O)(=O)c2cc(C(=O)O)cc(F)c2C2CC2)c(OC2CCCC2)cc1Cl. The third kappa shape index (κ3) is 4.52. The number of carboxylic acid groups (broad SMARTS) is 1. The number of anilines is 1. The number of carboxylic acids is 1. The van der Waals surface area contributed by atoms with Crippen molar-refractivity contribution in [2.45, 2.75) is 55.4 Å². The zero-order valence-electron chi connectivity index (χ0n) is 16.9. The van der Waals surface area contributed by atoms with E-state index in [1.807, 2.05) is 6.07 Å². The van der Waals surface area contributed by atoms with Gasteiger partial charge < -0.3 is 9.84 Å². The number of sulfonamides is 1. The van der Waals surface area contributed by atoms with E-state index in [0.29, 0.717) is 12.8 Å². The largest absolute Gasteiger partial charge is 0.488 e. The van der Waals surface area contributed by atoms with Crippen LogP contribution in [0.15, 0.2) is 29.2 Å². The summed E-state index contributed by atoms with van der Waals surface area (Å²) < 4.78 is 49.7. The molecule has 2 saturated carbocycles. The van der Waals surface area contributed by atoms with Crippen LogP contribution >= 0.6 is 11.6 Å². The van der Waals surface area contributed by atoms with E-state index in [1.54, 1.807) is 0 Å². The Bertz CT molecular complexity index is 1230. The molecule has 10 heteroatoms. The molecule has 0 heterocycles. The number of ether oxygens (including phenoxy) is 1. The molecule has 0 amide bonds. The molecule has 7 nitrogen and oxygen atoms in total. The van der Waals surface area contributed by atoms with Crippen LogP contribution in [0, 0.1) is 17.1 Å². The number of nitrogens with zero attached hydrogens (tertiary/aromatic N) is 1. The topological polar surface area (TPSA) is 116 Å². The Balaban J connectivity index is 1.78. The van der Waals surface area contributed by atoms with Gasteiger partial charge in [-0.2, -0.15) is 5.26 Å². The molecule has 2 aromatic carbocycles. The summed E-state index contributed by atoms with van der Waals surface area (Å²) >= 11 is 6.13. The predicted octanol–water partition coefficient (Wildman–Crippen LogP) is 5.05. The van der Waals surface area contributed by atoms with E-state index in [-0.39, 0.29) is 39.6 Å². The van der Waals surface area contributed by atoms with Crippen LogP contribution in [0.25, 0.3) is 0 Å². The fourth-order valence-corrected chi connectivity index (χ4v) is 5.50. The smallest absolute Gasteiger partial charge is 0.335 e. The van der Waals surface area contributed by atoms with Crippen LogP contribution in [0.2, 0.25) is 5.02 Å². The Morgan fingerprint density at radius 1 is 1.19 bits per heavy atom. The van der Waals surface area contributed by atoms with Crippen molar-refractivity contribution in [3.8, 4) is 11.8 Å². The zero-order chi connectivity index (χ0) is 23.0. The molecule has 0 atom stereocenters. The Kier molecular flexibility index (Phi) is 6.01. The number of benzene rings is 2. The van der Waals surface area contributed by atoms with Crippen LogP contribution in [-0.2, 0) is 10.0 Å². The molecule has 0 spiro atoms. The van der Waals surface area contributed by atoms with Crippen molar-refractivity contribution in [1.29, 1.82) is 5.26 Å². The average molecular weight is 479 g/mol. The normalized spacial score (nSPS) is 16.5. The molecule has 2 aliphatic rings. The molecule has 168 valence electrons. The van der Waals surface area contributed by atoms with Gasteiger partial charge in [0.05, 0.1) is 32.8 Å². The molecule has 32 heavy (non-hydrogen) atoms. The number of aromatic carboxylic acids is 1. The second-order valence-electron chi connectivity index (χ2n) is 8.02. The summed E-state index contributed by atoms with van der Waals surface area (Å²) in [5.41, 5.74) is -0.476. The van der Waals surface area contributed by atoms with Gasteiger partial charge in [0.25, 0.3) is 10.0 Å². The quantitative estimate of drug-likeness (QED) is 0.575. The van der Waals surface area contributed by atoms with Gasteiger partial charge in [0.15, 0.2) is 0 Å². The predicted molar refractivity (Wildman–Crippen MR) is 115 cm³/mol. The van der Waals surface area contributed by atoms with Gasteiger partial charge in [0, 0.05) is 11.6 Å². The van der Waals surface area contributed by atoms with Gasteiger partial charge in [-0.3, -0.25) is 4.72 Å². The molecule has 0 aliphatic heterocycles. The first-order chi connectivity index (χ1) is 15.2. The highest BCUT2D eigenvalue weighted by molar-refractivity contribution is 7.92. The average Bonchev–Trinajstić information content (AvgIpc) is 3.44. The van der Waals surface area contributed by atoms with Crippen LogP contribution in [0.5, 0.6) is 5.75 Å². The van der Waals surface area contributed by atoms with E-state index in [9.17, 15) is 28.0 Å². The number of hydrogen-bond acceptors (Lipinski definition) is 5. The van der Waals surface area contributed by atoms with Gasteiger partial charge in [-0.15, -0.1) is 0 Å². The van der Waals surface area contributed by atoms with Crippen molar-refractivity contribution >= 4 is 33.3 Å². The van der Waals surface area contributed by atoms with Crippen molar-refractivity contribution in [2.75, 3.05) is 4.72 Å². The minimum Gasteiger partial charge on any atom is -0.488 e. The molecule has 2 fully saturated rings. The van der Waals surface area contributed by atoms with Gasteiger partial charge >= 0.3 is 5.97 Å². The first-order valence-corrected chi connectivity index (χ1v) is 12.1. The molecule has 0 aromatic heterocycles. The van der Waals surface area contributed by atoms with E-state index in [0.717, 1.165) is 37.8 Å². The van der Waals surface area contributed by atoms with Crippen molar-refractivity contribution in [3.63, 3.8) is 0 Å². The third-order valence-corrected chi connectivity index (χ3v) is 7.36. The van der Waals surface area contributed by atoms with E-state index in [2.05, 4.69) is 4.72 Å². The van der Waals surface area contributed by atoms with Crippen LogP contribution in [-0.4, -0.2) is 25.6 Å². The van der Waals surface area contributed by atoms with Crippen molar-refractivity contribution in [1.82, 2.24) is 0 Å². The molecule has 0 bridgehead atoms. The summed E-state index contributed by atoms with van der Waals surface area (Å²) in [5.74, 6) is -2.44. The van der Waals surface area contributed by atoms with Gasteiger partial charge in [0.1, 0.15) is 17.6 Å². The van der Waals surface area contributed by atoms with Crippen LogP contribution in [0.3, 0.4) is 0 Å². The maximum absolute atomic E-state index is 14.7. The van der Waals surface area contributed by atoms with Gasteiger partial charge in [-0.1, -0.05) is 11.6 Å². The fraction of sp³-hybridized carbons (Fsp3) is 0.364. The van der Waals surface area contributed by atoms with Crippen molar-refractivity contribution < 1.29 is 27.4 Å². The maximum Gasteiger partial charge on any atom is 0.335 e. The van der Waals surface area contributed by atoms with E-state index in [4.69, 9.17) is 16.3 Å². The molecule has 0 radical (unpaired) electrons. The minimum atomic E-state index is -4.41. The molecule has 2 aliphatic carbocycles. The monoisotopic (exact) mass is 478 g/mol. The molecular weight excluding hydrogens is 459 g/mol. The summed E-state index contributed by atoms with van der Waals surface area (Å²) in [6, 6.07) is 6.33. The summed E-state index contributed by atoms with van der Waals surface area (Å²) in [4.78, 5) is 11.0. The van der Waals surface area contributed by atoms with Crippen molar-refractivity contribution in [2.24, 2.45) is 0 Å². The lowest BCUT2D eigenvalue weighted by atomic mass is 10.1. The van der Waals surface area contributed by atoms with Crippen LogP contribution in [0.1, 0.15) is 65.9 Å². The molecule has 2 N–H and O–H groups in total. The fourth-order valence-electron chi connectivity index (χ4n) is 3.91. The molecule has 0 saturated heterocycles.